The molecule has 29 heavy (non-hydrogen) atoms. The van der Waals surface area contributed by atoms with E-state index in [0.717, 1.165) is 50.5 Å². The van der Waals surface area contributed by atoms with Gasteiger partial charge in [-0.15, -0.1) is 0 Å². The lowest BCUT2D eigenvalue weighted by Crippen LogP contribution is -2.22. The summed E-state index contributed by atoms with van der Waals surface area (Å²) >= 11 is 0. The summed E-state index contributed by atoms with van der Waals surface area (Å²) in [6, 6.07) is 0. The van der Waals surface area contributed by atoms with Crippen molar-refractivity contribution >= 4 is 11.8 Å². The zero-order chi connectivity index (χ0) is 21.7. The van der Waals surface area contributed by atoms with Gasteiger partial charge in [0.25, 0.3) is 0 Å². The fraction of sp³-hybridized carbons (Fsp3) is 0.920. The lowest BCUT2D eigenvalue weighted by molar-refractivity contribution is -0.143. The van der Waals surface area contributed by atoms with Crippen molar-refractivity contribution in [3.05, 3.63) is 0 Å². The second-order valence-electron chi connectivity index (χ2n) is 9.31. The molecule has 0 spiro atoms. The minimum Gasteiger partial charge on any atom is -0.464 e. The Morgan fingerprint density at radius 3 is 1.76 bits per heavy atom. The van der Waals surface area contributed by atoms with Crippen LogP contribution in [0.25, 0.3) is 0 Å². The van der Waals surface area contributed by atoms with Gasteiger partial charge in [0.05, 0.1) is 0 Å². The van der Waals surface area contributed by atoms with E-state index in [2.05, 4.69) is 33.0 Å². The molecule has 0 amide bonds. The summed E-state index contributed by atoms with van der Waals surface area (Å²) in [5.74, 6) is 1.86. The Labute approximate surface area is 180 Å². The first-order valence-corrected chi connectivity index (χ1v) is 12.3. The number of nitrogens with one attached hydrogen (secondary N) is 1. The highest BCUT2D eigenvalue weighted by atomic mass is 16.5. The summed E-state index contributed by atoms with van der Waals surface area (Å²) in [7, 11) is 0. The zero-order valence-electron chi connectivity index (χ0n) is 19.9. The lowest BCUT2D eigenvalue weighted by Gasteiger charge is -2.07. The summed E-state index contributed by atoms with van der Waals surface area (Å²) in [6.45, 7) is 10.9. The first-order valence-electron chi connectivity index (χ1n) is 12.3. The number of unbranched alkanes of at least 4 members (excludes halogenated alkanes) is 6. The molecule has 0 fully saturated rings. The van der Waals surface area contributed by atoms with Crippen LogP contribution in [-0.2, 0) is 14.3 Å². The molecule has 0 aromatic heterocycles. The maximum atomic E-state index is 11.9. The van der Waals surface area contributed by atoms with E-state index in [4.69, 9.17) is 4.74 Å². The first kappa shape index (κ1) is 28.1. The molecule has 4 heteroatoms. The van der Waals surface area contributed by atoms with Gasteiger partial charge in [0.1, 0.15) is 12.4 Å². The van der Waals surface area contributed by atoms with Crippen LogP contribution in [0.15, 0.2) is 0 Å². The minimum atomic E-state index is -0.0840. The predicted molar refractivity (Wildman–Crippen MR) is 123 cm³/mol. The monoisotopic (exact) mass is 411 g/mol. The van der Waals surface area contributed by atoms with E-state index in [-0.39, 0.29) is 5.97 Å². The van der Waals surface area contributed by atoms with Gasteiger partial charge in [0.15, 0.2) is 0 Å². The Bertz CT molecular complexity index is 358. The number of carbonyl (C=O) groups excluding carboxylic acids is 2. The highest BCUT2D eigenvalue weighted by Gasteiger charge is 2.04. The molecule has 4 nitrogen and oxygen atoms in total. The van der Waals surface area contributed by atoms with Gasteiger partial charge in [-0.05, 0) is 37.6 Å². The molecule has 0 saturated heterocycles. The second-order valence-corrected chi connectivity index (χ2v) is 9.31. The Morgan fingerprint density at radius 1 is 0.655 bits per heavy atom. The van der Waals surface area contributed by atoms with Crippen LogP contribution in [0.1, 0.15) is 118 Å². The van der Waals surface area contributed by atoms with Gasteiger partial charge in [0.2, 0.25) is 0 Å². The van der Waals surface area contributed by atoms with E-state index < -0.39 is 0 Å². The maximum Gasteiger partial charge on any atom is 0.305 e. The number of rotatable bonds is 21. The van der Waals surface area contributed by atoms with E-state index in [1.54, 1.807) is 0 Å². The largest absolute Gasteiger partial charge is 0.464 e. The molecule has 0 heterocycles. The molecule has 0 aromatic carbocycles. The third-order valence-electron chi connectivity index (χ3n) is 5.25. The van der Waals surface area contributed by atoms with Crippen LogP contribution >= 0.6 is 0 Å². The van der Waals surface area contributed by atoms with Gasteiger partial charge >= 0.3 is 5.97 Å². The fourth-order valence-electron chi connectivity index (χ4n) is 3.37. The van der Waals surface area contributed by atoms with Gasteiger partial charge < -0.3 is 10.1 Å². The van der Waals surface area contributed by atoms with Crippen LogP contribution in [0.4, 0.5) is 0 Å². The van der Waals surface area contributed by atoms with Crippen molar-refractivity contribution in [3.63, 3.8) is 0 Å². The van der Waals surface area contributed by atoms with E-state index in [9.17, 15) is 9.59 Å². The minimum absolute atomic E-state index is 0.0840. The Hall–Kier alpha value is -0.900. The summed E-state index contributed by atoms with van der Waals surface area (Å²) in [5, 5.41) is 3.26. The number of hydrogen-bond acceptors (Lipinski definition) is 4. The molecule has 0 rings (SSSR count). The molecule has 0 aliphatic rings. The van der Waals surface area contributed by atoms with Gasteiger partial charge in [-0.1, -0.05) is 79.1 Å². The molecule has 0 aliphatic carbocycles. The van der Waals surface area contributed by atoms with Gasteiger partial charge in [-0.25, -0.2) is 0 Å². The van der Waals surface area contributed by atoms with Crippen LogP contribution < -0.4 is 5.32 Å². The number of ether oxygens (including phenoxy) is 1. The first-order chi connectivity index (χ1) is 13.9. The predicted octanol–water partition coefficient (Wildman–Crippen LogP) is 6.46. The SMILES string of the molecule is CC(C)CCCCCCC(=O)CCCNCCOC(=O)CCCCCCC(C)C. The number of esters is 1. The number of hydrogen-bond donors (Lipinski definition) is 1. The van der Waals surface area contributed by atoms with Gasteiger partial charge in [-0.3, -0.25) is 9.59 Å². The molecular formula is C25H49NO3. The molecule has 0 atom stereocenters. The molecule has 0 aliphatic heterocycles. The van der Waals surface area contributed by atoms with Crippen LogP contribution in [-0.4, -0.2) is 31.4 Å². The van der Waals surface area contributed by atoms with E-state index in [1.165, 1.54) is 44.9 Å². The Kier molecular flexibility index (Phi) is 19.7. The van der Waals surface area contributed by atoms with Crippen LogP contribution in [0.5, 0.6) is 0 Å². The van der Waals surface area contributed by atoms with Crippen molar-refractivity contribution in [3.8, 4) is 0 Å². The van der Waals surface area contributed by atoms with Crippen LogP contribution in [0.3, 0.4) is 0 Å². The van der Waals surface area contributed by atoms with Crippen molar-refractivity contribution in [2.75, 3.05) is 19.7 Å². The van der Waals surface area contributed by atoms with Gasteiger partial charge in [-0.2, -0.15) is 0 Å². The molecule has 0 saturated carbocycles. The number of Topliss-reactive ketones (excluding diaryl/α,β-unsaturated/α-hetero) is 1. The van der Waals surface area contributed by atoms with E-state index in [1.807, 2.05) is 0 Å². The van der Waals surface area contributed by atoms with Crippen molar-refractivity contribution in [1.29, 1.82) is 0 Å². The summed E-state index contributed by atoms with van der Waals surface area (Å²) < 4.78 is 5.25. The van der Waals surface area contributed by atoms with Crippen LogP contribution in [0.2, 0.25) is 0 Å². The Morgan fingerprint density at radius 2 is 1.17 bits per heavy atom. The number of carbonyl (C=O) groups is 2. The van der Waals surface area contributed by atoms with Crippen molar-refractivity contribution in [2.24, 2.45) is 11.8 Å². The lowest BCUT2D eigenvalue weighted by atomic mass is 10.0. The molecule has 0 unspecified atom stereocenters. The highest BCUT2D eigenvalue weighted by Crippen LogP contribution is 2.12. The summed E-state index contributed by atoms with van der Waals surface area (Å²) in [5.41, 5.74) is 0. The highest BCUT2D eigenvalue weighted by molar-refractivity contribution is 5.78. The maximum absolute atomic E-state index is 11.9. The van der Waals surface area contributed by atoms with E-state index in [0.29, 0.717) is 31.8 Å². The third-order valence-corrected chi connectivity index (χ3v) is 5.25. The van der Waals surface area contributed by atoms with Gasteiger partial charge in [0, 0.05) is 25.8 Å². The average Bonchev–Trinajstić information content (AvgIpc) is 2.66. The molecule has 172 valence electrons. The Balaban J connectivity index is 3.31. The number of ketones is 1. The average molecular weight is 412 g/mol. The molecule has 0 radical (unpaired) electrons. The zero-order valence-corrected chi connectivity index (χ0v) is 19.9. The van der Waals surface area contributed by atoms with Crippen molar-refractivity contribution in [1.82, 2.24) is 5.32 Å². The topological polar surface area (TPSA) is 55.4 Å². The molecule has 0 bridgehead atoms. The summed E-state index contributed by atoms with van der Waals surface area (Å²) in [6.07, 6.45) is 14.7. The van der Waals surface area contributed by atoms with Crippen molar-refractivity contribution < 1.29 is 14.3 Å². The van der Waals surface area contributed by atoms with E-state index >= 15 is 0 Å². The third kappa shape index (κ3) is 23.2. The smallest absolute Gasteiger partial charge is 0.305 e. The van der Waals surface area contributed by atoms with Crippen molar-refractivity contribution in [2.45, 2.75) is 118 Å². The summed E-state index contributed by atoms with van der Waals surface area (Å²) in [4.78, 5) is 23.5. The van der Waals surface area contributed by atoms with Crippen LogP contribution in [0, 0.1) is 11.8 Å². The molecular weight excluding hydrogens is 362 g/mol. The standard InChI is InChI=1S/C25H49NO3/c1-22(2)14-9-5-7-11-16-24(27)17-13-19-26-20-21-29-25(28)18-12-8-6-10-15-23(3)4/h22-23,26H,5-21H2,1-4H3. The molecule has 1 N–H and O–H groups in total. The second kappa shape index (κ2) is 20.4. The fourth-order valence-corrected chi connectivity index (χ4v) is 3.37. The quantitative estimate of drug-likeness (QED) is 0.174. The normalized spacial score (nSPS) is 11.4. The molecule has 0 aromatic rings.